The number of rotatable bonds is 7. The van der Waals surface area contributed by atoms with Crippen molar-refractivity contribution >= 4 is 23.4 Å². The Hall–Kier alpha value is -3.00. The Morgan fingerprint density at radius 1 is 1.13 bits per heavy atom. The van der Waals surface area contributed by atoms with E-state index in [0.717, 1.165) is 42.1 Å². The predicted octanol–water partition coefficient (Wildman–Crippen LogP) is 4.20. The van der Waals surface area contributed by atoms with Gasteiger partial charge in [0.25, 0.3) is 0 Å². The van der Waals surface area contributed by atoms with Crippen LogP contribution in [0.4, 0.5) is 5.69 Å². The van der Waals surface area contributed by atoms with Crippen molar-refractivity contribution in [3.8, 4) is 5.75 Å². The Kier molecular flexibility index (Phi) is 6.46. The summed E-state index contributed by atoms with van der Waals surface area (Å²) in [5.74, 6) is 1.55. The highest BCUT2D eigenvalue weighted by Gasteiger charge is 2.37. The number of carbonyl (C=O) groups is 1. The van der Waals surface area contributed by atoms with Crippen LogP contribution >= 0.6 is 11.8 Å². The quantitative estimate of drug-likeness (QED) is 0.577. The first-order valence-electron chi connectivity index (χ1n) is 10.5. The zero-order valence-corrected chi connectivity index (χ0v) is 18.8. The van der Waals surface area contributed by atoms with Crippen molar-refractivity contribution in [2.75, 3.05) is 17.9 Å². The number of fused-ring (bicyclic) bond motifs is 1. The molecule has 4 rings (SSSR count). The van der Waals surface area contributed by atoms with E-state index in [0.29, 0.717) is 5.16 Å². The molecule has 1 amide bonds. The van der Waals surface area contributed by atoms with Crippen molar-refractivity contribution in [3.63, 3.8) is 0 Å². The minimum Gasteiger partial charge on any atom is -0.497 e. The standard InChI is InChI=1S/C23H27N5O2S/c1-4-6-19-25-26-23-28(19)27-20(16-9-7-15(5-2)8-10-16)21(31-23)22(29)24-17-11-13-18(30-3)14-12-17/h7-14,20-21,27H,4-6H2,1-3H3,(H,24,29). The molecule has 7 nitrogen and oxygen atoms in total. The van der Waals surface area contributed by atoms with Gasteiger partial charge in [-0.15, -0.1) is 10.2 Å². The second kappa shape index (κ2) is 9.43. The molecule has 0 aliphatic carbocycles. The fourth-order valence-corrected chi connectivity index (χ4v) is 4.68. The average molecular weight is 438 g/mol. The van der Waals surface area contributed by atoms with Crippen molar-refractivity contribution in [3.05, 3.63) is 65.5 Å². The van der Waals surface area contributed by atoms with E-state index in [1.165, 1.54) is 17.3 Å². The van der Waals surface area contributed by atoms with Gasteiger partial charge in [0.2, 0.25) is 11.1 Å². The van der Waals surface area contributed by atoms with Gasteiger partial charge in [-0.1, -0.05) is 49.9 Å². The second-order valence-electron chi connectivity index (χ2n) is 7.44. The lowest BCUT2D eigenvalue weighted by Crippen LogP contribution is -2.41. The minimum atomic E-state index is -0.402. The Labute approximate surface area is 186 Å². The number of anilines is 1. The second-order valence-corrected chi connectivity index (χ2v) is 8.55. The third-order valence-electron chi connectivity index (χ3n) is 5.34. The third-order valence-corrected chi connectivity index (χ3v) is 6.56. The van der Waals surface area contributed by atoms with Crippen LogP contribution in [0.15, 0.2) is 53.7 Å². The Balaban J connectivity index is 1.63. The number of hydrogen-bond donors (Lipinski definition) is 2. The number of hydrogen-bond acceptors (Lipinski definition) is 6. The molecule has 0 spiro atoms. The number of aromatic nitrogens is 3. The summed E-state index contributed by atoms with van der Waals surface area (Å²) in [7, 11) is 1.62. The van der Waals surface area contributed by atoms with Gasteiger partial charge in [0.1, 0.15) is 11.0 Å². The van der Waals surface area contributed by atoms with E-state index < -0.39 is 5.25 Å². The number of aryl methyl sites for hydroxylation is 2. The van der Waals surface area contributed by atoms with Crippen LogP contribution in [0.2, 0.25) is 0 Å². The molecular weight excluding hydrogens is 410 g/mol. The van der Waals surface area contributed by atoms with Gasteiger partial charge in [-0.3, -0.25) is 4.79 Å². The van der Waals surface area contributed by atoms with Gasteiger partial charge in [-0.25, -0.2) is 4.68 Å². The summed E-state index contributed by atoms with van der Waals surface area (Å²) in [5, 5.41) is 12.0. The average Bonchev–Trinajstić information content (AvgIpc) is 3.21. The number of thioether (sulfide) groups is 1. The highest BCUT2D eigenvalue weighted by atomic mass is 32.2. The molecule has 2 heterocycles. The first-order chi connectivity index (χ1) is 15.1. The molecule has 0 bridgehead atoms. The fourth-order valence-electron chi connectivity index (χ4n) is 3.58. The molecule has 162 valence electrons. The molecular formula is C23H27N5O2S. The van der Waals surface area contributed by atoms with Gasteiger partial charge in [0.15, 0.2) is 5.82 Å². The zero-order valence-electron chi connectivity index (χ0n) is 18.0. The van der Waals surface area contributed by atoms with E-state index >= 15 is 0 Å². The van der Waals surface area contributed by atoms with Crippen LogP contribution in [0, 0.1) is 0 Å². The van der Waals surface area contributed by atoms with E-state index in [1.54, 1.807) is 7.11 Å². The van der Waals surface area contributed by atoms with Crippen molar-refractivity contribution in [2.45, 2.75) is 49.6 Å². The number of ether oxygens (including phenoxy) is 1. The van der Waals surface area contributed by atoms with Gasteiger partial charge in [-0.05, 0) is 48.2 Å². The summed E-state index contributed by atoms with van der Waals surface area (Å²) in [5.41, 5.74) is 6.56. The molecule has 2 N–H and O–H groups in total. The molecule has 2 unspecified atom stereocenters. The lowest BCUT2D eigenvalue weighted by Gasteiger charge is -2.33. The molecule has 0 saturated carbocycles. The van der Waals surface area contributed by atoms with E-state index in [-0.39, 0.29) is 11.9 Å². The third kappa shape index (κ3) is 4.54. The van der Waals surface area contributed by atoms with Crippen molar-refractivity contribution in [2.24, 2.45) is 0 Å². The molecule has 8 heteroatoms. The van der Waals surface area contributed by atoms with Gasteiger partial charge in [-0.2, -0.15) is 0 Å². The number of nitrogens with one attached hydrogen (secondary N) is 2. The first kappa shape index (κ1) is 21.2. The largest absolute Gasteiger partial charge is 0.497 e. The maximum Gasteiger partial charge on any atom is 0.240 e. The summed E-state index contributed by atoms with van der Waals surface area (Å²) in [4.78, 5) is 13.3. The summed E-state index contributed by atoms with van der Waals surface area (Å²) in [6.07, 6.45) is 2.78. The maximum absolute atomic E-state index is 13.3. The van der Waals surface area contributed by atoms with Crippen LogP contribution in [0.5, 0.6) is 5.75 Å². The molecule has 0 radical (unpaired) electrons. The summed E-state index contributed by atoms with van der Waals surface area (Å²) < 4.78 is 7.13. The normalized spacial score (nSPS) is 17.5. The van der Waals surface area contributed by atoms with Crippen LogP contribution in [0.25, 0.3) is 0 Å². The summed E-state index contributed by atoms with van der Waals surface area (Å²) in [6, 6.07) is 15.6. The van der Waals surface area contributed by atoms with E-state index in [9.17, 15) is 4.79 Å². The van der Waals surface area contributed by atoms with Gasteiger partial charge < -0.3 is 15.5 Å². The number of benzene rings is 2. The Morgan fingerprint density at radius 3 is 2.52 bits per heavy atom. The zero-order chi connectivity index (χ0) is 21.8. The fraction of sp³-hybridized carbons (Fsp3) is 0.348. The highest BCUT2D eigenvalue weighted by Crippen LogP contribution is 2.38. The molecule has 0 fully saturated rings. The lowest BCUT2D eigenvalue weighted by atomic mass is 10.0. The lowest BCUT2D eigenvalue weighted by molar-refractivity contribution is -0.116. The summed E-state index contributed by atoms with van der Waals surface area (Å²) in [6.45, 7) is 4.25. The molecule has 3 aromatic rings. The maximum atomic E-state index is 13.3. The SMILES string of the molecule is CCCc1nnc2n1NC(c1ccc(CC)cc1)C(C(=O)Nc1ccc(OC)cc1)S2. The highest BCUT2D eigenvalue weighted by molar-refractivity contribution is 8.00. The molecule has 31 heavy (non-hydrogen) atoms. The van der Waals surface area contributed by atoms with Gasteiger partial charge >= 0.3 is 0 Å². The molecule has 2 aromatic carbocycles. The Morgan fingerprint density at radius 2 is 1.87 bits per heavy atom. The van der Waals surface area contributed by atoms with E-state index in [1.807, 2.05) is 28.9 Å². The molecule has 2 atom stereocenters. The van der Waals surface area contributed by atoms with Crippen molar-refractivity contribution in [1.82, 2.24) is 14.9 Å². The molecule has 1 aliphatic rings. The van der Waals surface area contributed by atoms with Crippen LogP contribution in [-0.2, 0) is 17.6 Å². The smallest absolute Gasteiger partial charge is 0.240 e. The molecule has 1 aromatic heterocycles. The van der Waals surface area contributed by atoms with E-state index in [2.05, 4.69) is 59.1 Å². The predicted molar refractivity (Wildman–Crippen MR) is 123 cm³/mol. The number of carbonyl (C=O) groups excluding carboxylic acids is 1. The van der Waals surface area contributed by atoms with Crippen LogP contribution in [0.3, 0.4) is 0 Å². The monoisotopic (exact) mass is 437 g/mol. The Bertz CT molecular complexity index is 1030. The first-order valence-corrected chi connectivity index (χ1v) is 11.4. The molecule has 0 saturated heterocycles. The van der Waals surface area contributed by atoms with Crippen LogP contribution in [0.1, 0.15) is 43.3 Å². The topological polar surface area (TPSA) is 81.1 Å². The van der Waals surface area contributed by atoms with Crippen molar-refractivity contribution in [1.29, 1.82) is 0 Å². The summed E-state index contributed by atoms with van der Waals surface area (Å²) >= 11 is 1.44. The van der Waals surface area contributed by atoms with Crippen LogP contribution < -0.4 is 15.5 Å². The minimum absolute atomic E-state index is 0.0847. The van der Waals surface area contributed by atoms with Gasteiger partial charge in [0.05, 0.1) is 13.2 Å². The van der Waals surface area contributed by atoms with Crippen molar-refractivity contribution < 1.29 is 9.53 Å². The van der Waals surface area contributed by atoms with E-state index in [4.69, 9.17) is 4.74 Å². The van der Waals surface area contributed by atoms with Crippen LogP contribution in [-0.4, -0.2) is 33.1 Å². The number of nitrogens with zero attached hydrogens (tertiary/aromatic N) is 3. The molecule has 1 aliphatic heterocycles. The van der Waals surface area contributed by atoms with Gasteiger partial charge in [0, 0.05) is 12.1 Å². The number of methoxy groups -OCH3 is 1. The number of amides is 1.